The summed E-state index contributed by atoms with van der Waals surface area (Å²) in [5, 5.41) is 11.9. The first-order valence-electron chi connectivity index (χ1n) is 7.07. The van der Waals surface area contributed by atoms with E-state index < -0.39 is 5.60 Å². The molecule has 22 heavy (non-hydrogen) atoms. The summed E-state index contributed by atoms with van der Waals surface area (Å²) in [7, 11) is 0. The lowest BCUT2D eigenvalue weighted by Gasteiger charge is -2.20. The Bertz CT molecular complexity index is 683. The Labute approximate surface area is 131 Å². The number of anilines is 1. The molecule has 5 nitrogen and oxygen atoms in total. The number of rotatable bonds is 4. The van der Waals surface area contributed by atoms with Crippen molar-refractivity contribution in [2.45, 2.75) is 31.8 Å². The van der Waals surface area contributed by atoms with Gasteiger partial charge in [0.1, 0.15) is 16.4 Å². The van der Waals surface area contributed by atoms with Crippen LogP contribution < -0.4 is 5.32 Å². The molecule has 3 rings (SSSR count). The van der Waals surface area contributed by atoms with E-state index in [4.69, 9.17) is 4.74 Å². The van der Waals surface area contributed by atoms with Gasteiger partial charge in [0.25, 0.3) is 5.91 Å². The van der Waals surface area contributed by atoms with E-state index in [9.17, 15) is 9.18 Å². The van der Waals surface area contributed by atoms with Crippen molar-refractivity contribution in [3.05, 3.63) is 40.7 Å². The summed E-state index contributed by atoms with van der Waals surface area (Å²) in [6, 6.07) is 6.35. The van der Waals surface area contributed by atoms with Crippen molar-refractivity contribution in [3.8, 4) is 0 Å². The number of hydrogen-bond donors (Lipinski definition) is 1. The number of ether oxygens (including phenoxy) is 1. The highest BCUT2D eigenvalue weighted by atomic mass is 32.1. The number of amides is 1. The van der Waals surface area contributed by atoms with Gasteiger partial charge in [-0.3, -0.25) is 10.1 Å². The molecule has 1 atom stereocenters. The van der Waals surface area contributed by atoms with Crippen LogP contribution in [0.25, 0.3) is 0 Å². The Morgan fingerprint density at radius 2 is 2.36 bits per heavy atom. The number of benzene rings is 1. The standard InChI is InChI=1S/C15H16FN3O2S/c1-15(6-3-7-21-15)13(20)17-14-19-18-12(22-14)9-10-4-2-5-11(16)8-10/h2,4-5,8H,3,6-7,9H2,1H3,(H,17,19,20)/t15-/m0/s1. The molecule has 116 valence electrons. The Morgan fingerprint density at radius 3 is 3.09 bits per heavy atom. The molecule has 1 aliphatic rings. The van der Waals surface area contributed by atoms with Crippen LogP contribution in [0.3, 0.4) is 0 Å². The Kier molecular flexibility index (Phi) is 4.17. The van der Waals surface area contributed by atoms with Crippen molar-refractivity contribution in [1.29, 1.82) is 0 Å². The second-order valence-electron chi connectivity index (χ2n) is 5.44. The first kappa shape index (κ1) is 15.1. The van der Waals surface area contributed by atoms with Crippen LogP contribution in [0.1, 0.15) is 30.3 Å². The smallest absolute Gasteiger partial charge is 0.258 e. The summed E-state index contributed by atoms with van der Waals surface area (Å²) in [4.78, 5) is 12.2. The largest absolute Gasteiger partial charge is 0.365 e. The number of aromatic nitrogens is 2. The fourth-order valence-corrected chi connectivity index (χ4v) is 3.15. The van der Waals surface area contributed by atoms with Gasteiger partial charge in [-0.25, -0.2) is 4.39 Å². The van der Waals surface area contributed by atoms with Crippen LogP contribution in [0.2, 0.25) is 0 Å². The van der Waals surface area contributed by atoms with E-state index in [1.807, 2.05) is 6.07 Å². The number of nitrogens with one attached hydrogen (secondary N) is 1. The van der Waals surface area contributed by atoms with Crippen LogP contribution in [-0.2, 0) is 16.0 Å². The lowest BCUT2D eigenvalue weighted by atomic mass is 10.0. The number of halogens is 1. The van der Waals surface area contributed by atoms with Crippen LogP contribution in [0.5, 0.6) is 0 Å². The molecule has 1 aromatic carbocycles. The SMILES string of the molecule is C[C@@]1(C(=O)Nc2nnc(Cc3cccc(F)c3)s2)CCCO1. The topological polar surface area (TPSA) is 64.1 Å². The molecule has 0 radical (unpaired) electrons. The first-order chi connectivity index (χ1) is 10.5. The lowest BCUT2D eigenvalue weighted by molar-refractivity contribution is -0.133. The normalized spacial score (nSPS) is 21.0. The van der Waals surface area contributed by atoms with Crippen molar-refractivity contribution < 1.29 is 13.9 Å². The van der Waals surface area contributed by atoms with Crippen LogP contribution in [0.4, 0.5) is 9.52 Å². The fourth-order valence-electron chi connectivity index (χ4n) is 2.38. The fraction of sp³-hybridized carbons (Fsp3) is 0.400. The summed E-state index contributed by atoms with van der Waals surface area (Å²) in [5.74, 6) is -0.472. The minimum atomic E-state index is -0.783. The van der Waals surface area contributed by atoms with Gasteiger partial charge in [0.05, 0.1) is 0 Å². The predicted molar refractivity (Wildman–Crippen MR) is 81.3 cm³/mol. The molecule has 1 amide bonds. The molecule has 1 fully saturated rings. The van der Waals surface area contributed by atoms with Crippen LogP contribution >= 0.6 is 11.3 Å². The van der Waals surface area contributed by atoms with Gasteiger partial charge in [-0.1, -0.05) is 23.5 Å². The zero-order chi connectivity index (χ0) is 15.6. The van der Waals surface area contributed by atoms with E-state index in [1.165, 1.54) is 23.5 Å². The highest BCUT2D eigenvalue weighted by Gasteiger charge is 2.38. The van der Waals surface area contributed by atoms with Gasteiger partial charge in [-0.2, -0.15) is 0 Å². The van der Waals surface area contributed by atoms with Crippen LogP contribution in [-0.4, -0.2) is 28.3 Å². The van der Waals surface area contributed by atoms with E-state index in [0.717, 1.165) is 17.0 Å². The van der Waals surface area contributed by atoms with E-state index in [2.05, 4.69) is 15.5 Å². The monoisotopic (exact) mass is 321 g/mol. The average molecular weight is 321 g/mol. The summed E-state index contributed by atoms with van der Waals surface area (Å²) in [6.07, 6.45) is 2.07. The minimum Gasteiger partial charge on any atom is -0.365 e. The van der Waals surface area contributed by atoms with Crippen LogP contribution in [0, 0.1) is 5.82 Å². The first-order valence-corrected chi connectivity index (χ1v) is 7.89. The van der Waals surface area contributed by atoms with Crippen LogP contribution in [0.15, 0.2) is 24.3 Å². The molecule has 0 spiro atoms. The molecule has 1 N–H and O–H groups in total. The average Bonchev–Trinajstić information content (AvgIpc) is 3.09. The maximum atomic E-state index is 13.2. The molecule has 1 aromatic heterocycles. The summed E-state index contributed by atoms with van der Waals surface area (Å²) >= 11 is 1.29. The number of hydrogen-bond acceptors (Lipinski definition) is 5. The Hall–Kier alpha value is -1.86. The number of carbonyl (C=O) groups excluding carboxylic acids is 1. The van der Waals surface area contributed by atoms with Gasteiger partial charge in [0.2, 0.25) is 5.13 Å². The maximum Gasteiger partial charge on any atom is 0.258 e. The third-order valence-corrected chi connectivity index (χ3v) is 4.47. The quantitative estimate of drug-likeness (QED) is 0.940. The molecule has 0 bridgehead atoms. The third-order valence-electron chi connectivity index (χ3n) is 3.63. The van der Waals surface area contributed by atoms with Gasteiger partial charge >= 0.3 is 0 Å². The molecule has 0 saturated carbocycles. The molecule has 1 aliphatic heterocycles. The zero-order valence-electron chi connectivity index (χ0n) is 12.1. The van der Waals surface area contributed by atoms with Crippen molar-refractivity contribution in [2.24, 2.45) is 0 Å². The Balaban J connectivity index is 1.65. The van der Waals surface area contributed by atoms with E-state index in [-0.39, 0.29) is 11.7 Å². The van der Waals surface area contributed by atoms with Crippen molar-refractivity contribution in [3.63, 3.8) is 0 Å². The molecule has 2 aromatic rings. The predicted octanol–water partition coefficient (Wildman–Crippen LogP) is 2.78. The molecular formula is C15H16FN3O2S. The van der Waals surface area contributed by atoms with Crippen molar-refractivity contribution in [1.82, 2.24) is 10.2 Å². The van der Waals surface area contributed by atoms with Gasteiger partial charge < -0.3 is 4.74 Å². The number of nitrogens with zero attached hydrogens (tertiary/aromatic N) is 2. The van der Waals surface area contributed by atoms with Crippen molar-refractivity contribution >= 4 is 22.4 Å². The molecule has 0 unspecified atom stereocenters. The van der Waals surface area contributed by atoms with Crippen molar-refractivity contribution in [2.75, 3.05) is 11.9 Å². The minimum absolute atomic E-state index is 0.196. The maximum absolute atomic E-state index is 13.2. The zero-order valence-corrected chi connectivity index (χ0v) is 13.0. The third kappa shape index (κ3) is 3.31. The second kappa shape index (κ2) is 6.10. The van der Waals surface area contributed by atoms with Gasteiger partial charge in [0, 0.05) is 13.0 Å². The van der Waals surface area contributed by atoms with Gasteiger partial charge in [-0.15, -0.1) is 10.2 Å². The number of carbonyl (C=O) groups is 1. The van der Waals surface area contributed by atoms with E-state index >= 15 is 0 Å². The summed E-state index contributed by atoms with van der Waals surface area (Å²) in [6.45, 7) is 2.38. The highest BCUT2D eigenvalue weighted by Crippen LogP contribution is 2.27. The molecular weight excluding hydrogens is 305 g/mol. The lowest BCUT2D eigenvalue weighted by Crippen LogP contribution is -2.39. The van der Waals surface area contributed by atoms with E-state index in [0.29, 0.717) is 24.6 Å². The van der Waals surface area contributed by atoms with Gasteiger partial charge in [-0.05, 0) is 37.5 Å². The molecule has 7 heteroatoms. The Morgan fingerprint density at radius 1 is 1.50 bits per heavy atom. The highest BCUT2D eigenvalue weighted by molar-refractivity contribution is 7.15. The molecule has 0 aliphatic carbocycles. The van der Waals surface area contributed by atoms with E-state index in [1.54, 1.807) is 13.0 Å². The molecule has 2 heterocycles. The molecule has 1 saturated heterocycles. The van der Waals surface area contributed by atoms with Gasteiger partial charge in [0.15, 0.2) is 0 Å². The summed E-state index contributed by atoms with van der Waals surface area (Å²) < 4.78 is 18.7. The second-order valence-corrected chi connectivity index (χ2v) is 6.51. The summed E-state index contributed by atoms with van der Waals surface area (Å²) in [5.41, 5.74) is 0.0362.